The number of halogens is 4. The van der Waals surface area contributed by atoms with E-state index in [9.17, 15) is 18.0 Å². The van der Waals surface area contributed by atoms with Crippen molar-refractivity contribution >= 4 is 34.4 Å². The molecule has 3 aromatic rings. The predicted molar refractivity (Wildman–Crippen MR) is 127 cm³/mol. The molecule has 1 saturated heterocycles. The van der Waals surface area contributed by atoms with E-state index in [4.69, 9.17) is 11.6 Å². The summed E-state index contributed by atoms with van der Waals surface area (Å²) in [5.74, 6) is -2.16. The van der Waals surface area contributed by atoms with E-state index in [-0.39, 0.29) is 29.8 Å². The van der Waals surface area contributed by atoms with Crippen LogP contribution in [0.25, 0.3) is 11.0 Å². The molecule has 3 N–H and O–H groups in total. The summed E-state index contributed by atoms with van der Waals surface area (Å²) in [7, 11) is 0. The Morgan fingerprint density at radius 1 is 1.23 bits per heavy atom. The van der Waals surface area contributed by atoms with Crippen molar-refractivity contribution in [1.29, 1.82) is 0 Å². The standard InChI is InChI=1S/C24H22ClF3N6O/c25-15-7-16-17(10-31-21(16)30-9-15)22-32-11-20(28)23(33-22)29-8-13-2-1-5-34(12-13)24(35)14-3-4-18(26)19(27)6-14/h3-4,6-7,9-10,13,29H,1-2,5,8,11-12H2,(H,30,31)(H,32,33)/t13-/m1/s1. The van der Waals surface area contributed by atoms with Gasteiger partial charge in [0.2, 0.25) is 0 Å². The van der Waals surface area contributed by atoms with Crippen LogP contribution in [-0.4, -0.2) is 52.8 Å². The van der Waals surface area contributed by atoms with Crippen LogP contribution < -0.4 is 10.6 Å². The van der Waals surface area contributed by atoms with Crippen molar-refractivity contribution in [2.75, 3.05) is 26.2 Å². The lowest BCUT2D eigenvalue weighted by Crippen LogP contribution is -2.43. The summed E-state index contributed by atoms with van der Waals surface area (Å²) in [5, 5.41) is 7.31. The molecule has 5 rings (SSSR count). The third-order valence-corrected chi connectivity index (χ3v) is 6.38. The van der Waals surface area contributed by atoms with E-state index in [1.54, 1.807) is 17.2 Å². The van der Waals surface area contributed by atoms with Crippen molar-refractivity contribution < 1.29 is 18.0 Å². The largest absolute Gasteiger partial charge is 0.367 e. The minimum atomic E-state index is -1.05. The number of amidine groups is 1. The van der Waals surface area contributed by atoms with Crippen molar-refractivity contribution in [3.8, 4) is 0 Å². The molecule has 0 spiro atoms. The van der Waals surface area contributed by atoms with Gasteiger partial charge in [-0.05, 0) is 43.0 Å². The number of benzene rings is 1. The number of aromatic nitrogens is 2. The van der Waals surface area contributed by atoms with Gasteiger partial charge in [0.15, 0.2) is 23.3 Å². The Morgan fingerprint density at radius 3 is 2.91 bits per heavy atom. The molecule has 2 aromatic heterocycles. The Balaban J connectivity index is 1.26. The second kappa shape index (κ2) is 9.61. The van der Waals surface area contributed by atoms with Gasteiger partial charge in [-0.2, -0.15) is 0 Å². The summed E-state index contributed by atoms with van der Waals surface area (Å²) in [6.45, 7) is 1.32. The molecular formula is C24H22ClF3N6O. The summed E-state index contributed by atoms with van der Waals surface area (Å²) in [6.07, 6.45) is 4.87. The Bertz CT molecular complexity index is 1350. The molecule has 0 aliphatic carbocycles. The molecule has 2 aliphatic rings. The van der Waals surface area contributed by atoms with E-state index in [1.807, 2.05) is 0 Å². The maximum atomic E-state index is 14.6. The molecule has 7 nitrogen and oxygen atoms in total. The first-order valence-corrected chi connectivity index (χ1v) is 11.6. The van der Waals surface area contributed by atoms with Crippen LogP contribution in [0.4, 0.5) is 13.2 Å². The molecule has 1 atom stereocenters. The lowest BCUT2D eigenvalue weighted by Gasteiger charge is -2.33. The molecule has 0 bridgehead atoms. The first-order chi connectivity index (χ1) is 16.9. The topological polar surface area (TPSA) is 85.4 Å². The fraction of sp³-hybridized carbons (Fsp3) is 0.292. The summed E-state index contributed by atoms with van der Waals surface area (Å²) in [5.41, 5.74) is 1.47. The molecule has 1 amide bonds. The third-order valence-electron chi connectivity index (χ3n) is 6.18. The molecule has 1 aromatic carbocycles. The van der Waals surface area contributed by atoms with E-state index in [0.717, 1.165) is 35.9 Å². The number of piperidine rings is 1. The number of carbonyl (C=O) groups is 1. The van der Waals surface area contributed by atoms with Crippen molar-refractivity contribution in [2.24, 2.45) is 10.9 Å². The third kappa shape index (κ3) is 4.84. The maximum absolute atomic E-state index is 14.6. The van der Waals surface area contributed by atoms with Crippen LogP contribution in [-0.2, 0) is 0 Å². The van der Waals surface area contributed by atoms with Crippen LogP contribution in [0, 0.1) is 17.6 Å². The number of fused-ring (bicyclic) bond motifs is 1. The normalized spacial score (nSPS) is 18.5. The molecule has 4 heterocycles. The van der Waals surface area contributed by atoms with Gasteiger partial charge in [-0.25, -0.2) is 23.1 Å². The van der Waals surface area contributed by atoms with Crippen molar-refractivity contribution in [2.45, 2.75) is 12.8 Å². The monoisotopic (exact) mass is 502 g/mol. The molecular weight excluding hydrogens is 481 g/mol. The van der Waals surface area contributed by atoms with Gasteiger partial charge in [-0.15, -0.1) is 0 Å². The average molecular weight is 503 g/mol. The van der Waals surface area contributed by atoms with Gasteiger partial charge >= 0.3 is 0 Å². The zero-order chi connectivity index (χ0) is 24.5. The molecule has 1 fully saturated rings. The first kappa shape index (κ1) is 23.2. The highest BCUT2D eigenvalue weighted by atomic mass is 35.5. The highest BCUT2D eigenvalue weighted by molar-refractivity contribution is 6.31. The van der Waals surface area contributed by atoms with E-state index >= 15 is 0 Å². The van der Waals surface area contributed by atoms with Gasteiger partial charge in [0.1, 0.15) is 11.5 Å². The Hall–Kier alpha value is -3.53. The van der Waals surface area contributed by atoms with E-state index in [0.29, 0.717) is 36.1 Å². The second-order valence-electron chi connectivity index (χ2n) is 8.59. The number of nitrogens with one attached hydrogen (secondary N) is 3. The molecule has 182 valence electrons. The van der Waals surface area contributed by atoms with E-state index in [2.05, 4.69) is 25.6 Å². The van der Waals surface area contributed by atoms with Crippen LogP contribution in [0.5, 0.6) is 0 Å². The summed E-state index contributed by atoms with van der Waals surface area (Å²) in [6, 6.07) is 4.91. The fourth-order valence-corrected chi connectivity index (χ4v) is 4.55. The molecule has 0 radical (unpaired) electrons. The smallest absolute Gasteiger partial charge is 0.253 e. The van der Waals surface area contributed by atoms with Gasteiger partial charge < -0.3 is 20.5 Å². The molecule has 0 unspecified atom stereocenters. The number of H-pyrrole nitrogens is 1. The minimum absolute atomic E-state index is 0.0206. The molecule has 11 heteroatoms. The average Bonchev–Trinajstić information content (AvgIpc) is 3.28. The lowest BCUT2D eigenvalue weighted by molar-refractivity contribution is 0.0674. The van der Waals surface area contributed by atoms with Crippen molar-refractivity contribution in [3.63, 3.8) is 0 Å². The van der Waals surface area contributed by atoms with E-state index < -0.39 is 17.5 Å². The molecule has 2 aliphatic heterocycles. The number of aromatic amines is 1. The van der Waals surface area contributed by atoms with Gasteiger partial charge in [-0.1, -0.05) is 11.6 Å². The van der Waals surface area contributed by atoms with Crippen molar-refractivity contribution in [3.05, 3.63) is 76.1 Å². The van der Waals surface area contributed by atoms with Gasteiger partial charge in [0, 0.05) is 48.5 Å². The predicted octanol–water partition coefficient (Wildman–Crippen LogP) is 4.12. The molecule has 35 heavy (non-hydrogen) atoms. The number of nitrogens with zero attached hydrogens (tertiary/aromatic N) is 3. The number of pyridine rings is 1. The Morgan fingerprint density at radius 2 is 2.09 bits per heavy atom. The van der Waals surface area contributed by atoms with Crippen LogP contribution in [0.15, 0.2) is 53.3 Å². The van der Waals surface area contributed by atoms with E-state index in [1.165, 1.54) is 12.3 Å². The highest BCUT2D eigenvalue weighted by Crippen LogP contribution is 2.24. The number of rotatable bonds is 5. The zero-order valence-electron chi connectivity index (χ0n) is 18.5. The molecule has 0 saturated carbocycles. The first-order valence-electron chi connectivity index (χ1n) is 11.2. The number of hydrogen-bond acceptors (Lipinski definition) is 5. The minimum Gasteiger partial charge on any atom is -0.367 e. The summed E-state index contributed by atoms with van der Waals surface area (Å²) in [4.78, 5) is 26.1. The Kier molecular flexibility index (Phi) is 6.38. The number of carbonyl (C=O) groups excluding carboxylic acids is 1. The maximum Gasteiger partial charge on any atom is 0.253 e. The Labute approximate surface area is 204 Å². The second-order valence-corrected chi connectivity index (χ2v) is 9.03. The fourth-order valence-electron chi connectivity index (χ4n) is 4.39. The van der Waals surface area contributed by atoms with Gasteiger partial charge in [0.05, 0.1) is 11.6 Å². The van der Waals surface area contributed by atoms with Gasteiger partial charge in [-0.3, -0.25) is 4.79 Å². The van der Waals surface area contributed by atoms with Crippen LogP contribution >= 0.6 is 11.6 Å². The van der Waals surface area contributed by atoms with Crippen LogP contribution in [0.2, 0.25) is 5.02 Å². The van der Waals surface area contributed by atoms with Gasteiger partial charge in [0.25, 0.3) is 5.91 Å². The van der Waals surface area contributed by atoms with Crippen LogP contribution in [0.3, 0.4) is 0 Å². The number of aliphatic imine (C=N–C) groups is 1. The zero-order valence-corrected chi connectivity index (χ0v) is 19.3. The number of hydrogen-bond donors (Lipinski definition) is 3. The highest BCUT2D eigenvalue weighted by Gasteiger charge is 2.26. The number of likely N-dealkylation sites (tertiary alicyclic amines) is 1. The summed E-state index contributed by atoms with van der Waals surface area (Å²) >= 11 is 6.08. The quantitative estimate of drug-likeness (QED) is 0.490. The van der Waals surface area contributed by atoms with Crippen LogP contribution in [0.1, 0.15) is 28.8 Å². The van der Waals surface area contributed by atoms with Crippen molar-refractivity contribution in [1.82, 2.24) is 25.5 Å². The SMILES string of the molecule is O=C(c1ccc(F)c(F)c1)N1CCC[C@H](CNC2=C(F)CNC(c3c[nH]c4ncc(Cl)cc34)=N2)C1. The summed E-state index contributed by atoms with van der Waals surface area (Å²) < 4.78 is 41.3. The number of amides is 1. The lowest BCUT2D eigenvalue weighted by atomic mass is 9.97.